The van der Waals surface area contributed by atoms with E-state index in [-0.39, 0.29) is 11.4 Å². The van der Waals surface area contributed by atoms with Crippen molar-refractivity contribution in [1.82, 2.24) is 19.7 Å². The van der Waals surface area contributed by atoms with Crippen molar-refractivity contribution in [1.29, 1.82) is 0 Å². The summed E-state index contributed by atoms with van der Waals surface area (Å²) < 4.78 is 10.9. The molecule has 3 rings (SSSR count). The first-order valence-corrected chi connectivity index (χ1v) is 9.22. The molecule has 1 atom stereocenters. The van der Waals surface area contributed by atoms with Crippen LogP contribution in [0.25, 0.3) is 0 Å². The molecular formula is C19H30N4O3. The summed E-state index contributed by atoms with van der Waals surface area (Å²) in [5.74, 6) is 1.67. The lowest BCUT2D eigenvalue weighted by molar-refractivity contribution is -0.129. The van der Waals surface area contributed by atoms with Gasteiger partial charge in [-0.15, -0.1) is 0 Å². The fraction of sp³-hybridized carbons (Fsp3) is 0.684. The van der Waals surface area contributed by atoms with E-state index in [4.69, 9.17) is 9.47 Å². The van der Waals surface area contributed by atoms with Crippen LogP contribution in [0.15, 0.2) is 12.3 Å². The molecule has 26 heavy (non-hydrogen) atoms. The second kappa shape index (κ2) is 7.80. The van der Waals surface area contributed by atoms with Crippen molar-refractivity contribution in [3.05, 3.63) is 18.0 Å². The van der Waals surface area contributed by atoms with Gasteiger partial charge in [-0.1, -0.05) is 0 Å². The first-order valence-electron chi connectivity index (χ1n) is 9.22. The molecule has 7 nitrogen and oxygen atoms in total. The van der Waals surface area contributed by atoms with Gasteiger partial charge in [-0.25, -0.2) is 0 Å². The molecule has 0 aromatic carbocycles. The average molecular weight is 362 g/mol. The maximum Gasteiger partial charge on any atom is 0.222 e. The number of carbonyl (C=O) groups is 1. The van der Waals surface area contributed by atoms with Crippen LogP contribution in [-0.4, -0.2) is 85.6 Å². The average Bonchev–Trinajstić information content (AvgIpc) is 2.79. The lowest BCUT2D eigenvalue weighted by atomic mass is 9.86. The zero-order chi connectivity index (χ0) is 18.7. The van der Waals surface area contributed by atoms with E-state index in [1.54, 1.807) is 20.4 Å². The van der Waals surface area contributed by atoms with Crippen LogP contribution in [0.2, 0.25) is 0 Å². The van der Waals surface area contributed by atoms with Crippen LogP contribution in [0.3, 0.4) is 0 Å². The summed E-state index contributed by atoms with van der Waals surface area (Å²) in [6.45, 7) is 4.44. The van der Waals surface area contributed by atoms with Gasteiger partial charge in [0.1, 0.15) is 5.69 Å². The highest BCUT2D eigenvalue weighted by molar-refractivity contribution is 5.76. The maximum atomic E-state index is 12.1. The molecule has 0 N–H and O–H groups in total. The Kier molecular flexibility index (Phi) is 5.67. The van der Waals surface area contributed by atoms with Crippen LogP contribution in [0.1, 0.15) is 25.0 Å². The third-order valence-corrected chi connectivity index (χ3v) is 5.96. The van der Waals surface area contributed by atoms with E-state index in [9.17, 15) is 4.79 Å². The molecule has 2 aliphatic rings. The highest BCUT2D eigenvalue weighted by Crippen LogP contribution is 2.34. The van der Waals surface area contributed by atoms with Gasteiger partial charge >= 0.3 is 0 Å². The fourth-order valence-electron chi connectivity index (χ4n) is 4.15. The third kappa shape index (κ3) is 3.64. The number of rotatable bonds is 4. The fourth-order valence-corrected chi connectivity index (χ4v) is 4.15. The number of hydrogen-bond acceptors (Lipinski definition) is 6. The largest absolute Gasteiger partial charge is 0.493 e. The van der Waals surface area contributed by atoms with Crippen molar-refractivity contribution in [2.24, 2.45) is 0 Å². The number of likely N-dealkylation sites (N-methyl/N-ethyl adjacent to an activating group) is 1. The van der Waals surface area contributed by atoms with Crippen molar-refractivity contribution in [2.75, 3.05) is 54.5 Å². The number of nitrogens with zero attached hydrogens (tertiary/aromatic N) is 4. The minimum atomic E-state index is 0.0464. The van der Waals surface area contributed by atoms with Crippen LogP contribution in [0, 0.1) is 0 Å². The Labute approximate surface area is 155 Å². The van der Waals surface area contributed by atoms with E-state index in [1.807, 2.05) is 18.0 Å². The quantitative estimate of drug-likeness (QED) is 0.803. The van der Waals surface area contributed by atoms with E-state index in [0.717, 1.165) is 51.3 Å². The predicted molar refractivity (Wildman–Crippen MR) is 99.5 cm³/mol. The lowest BCUT2D eigenvalue weighted by Gasteiger charge is -2.49. The Morgan fingerprint density at radius 3 is 2.69 bits per heavy atom. The molecule has 7 heteroatoms. The first-order chi connectivity index (χ1) is 12.5. The summed E-state index contributed by atoms with van der Waals surface area (Å²) in [6, 6.07) is 1.82. The van der Waals surface area contributed by atoms with Crippen molar-refractivity contribution < 1.29 is 14.3 Å². The molecule has 0 aliphatic carbocycles. The SMILES string of the molecule is COc1ccnc(CN2CCN(C)[C@@]3(CCC(=O)N(C)CC3)C2)c1OC. The van der Waals surface area contributed by atoms with Crippen LogP contribution in [0.4, 0.5) is 0 Å². The predicted octanol–water partition coefficient (Wildman–Crippen LogP) is 1.23. The van der Waals surface area contributed by atoms with Gasteiger partial charge in [0.15, 0.2) is 11.5 Å². The molecule has 0 saturated carbocycles. The summed E-state index contributed by atoms with van der Waals surface area (Å²) in [5, 5.41) is 0. The standard InChI is InChI=1S/C19H30N4O3/c1-21-10-8-19(7-5-17(21)24)14-23(12-11-22(19)2)13-15-18(26-4)16(25-3)6-9-20-15/h6,9H,5,7-8,10-14H2,1-4H3/t19-/m1/s1. The highest BCUT2D eigenvalue weighted by atomic mass is 16.5. The number of likely N-dealkylation sites (tertiary alicyclic amines) is 1. The molecule has 3 heterocycles. The molecule has 1 aromatic rings. The number of ether oxygens (including phenoxy) is 2. The zero-order valence-electron chi connectivity index (χ0n) is 16.3. The summed E-state index contributed by atoms with van der Waals surface area (Å²) in [6.07, 6.45) is 4.30. The second-order valence-corrected chi connectivity index (χ2v) is 7.42. The van der Waals surface area contributed by atoms with Gasteiger partial charge in [-0.05, 0) is 19.9 Å². The van der Waals surface area contributed by atoms with Crippen molar-refractivity contribution >= 4 is 5.91 Å². The van der Waals surface area contributed by atoms with Crippen molar-refractivity contribution in [2.45, 2.75) is 31.3 Å². The lowest BCUT2D eigenvalue weighted by Crippen LogP contribution is -2.60. The second-order valence-electron chi connectivity index (χ2n) is 7.42. The molecule has 144 valence electrons. The Morgan fingerprint density at radius 2 is 1.96 bits per heavy atom. The van der Waals surface area contributed by atoms with Gasteiger partial charge < -0.3 is 14.4 Å². The van der Waals surface area contributed by atoms with E-state index in [2.05, 4.69) is 21.8 Å². The molecule has 2 fully saturated rings. The molecule has 0 bridgehead atoms. The first kappa shape index (κ1) is 18.9. The van der Waals surface area contributed by atoms with Crippen molar-refractivity contribution in [3.63, 3.8) is 0 Å². The summed E-state index contributed by atoms with van der Waals surface area (Å²) in [7, 11) is 7.40. The Bertz CT molecular complexity index is 654. The van der Waals surface area contributed by atoms with Gasteiger partial charge in [-0.3, -0.25) is 19.6 Å². The molecule has 1 aromatic heterocycles. The van der Waals surface area contributed by atoms with Gasteiger partial charge in [0.05, 0.1) is 14.2 Å². The number of piperazine rings is 1. The van der Waals surface area contributed by atoms with Gasteiger partial charge in [-0.2, -0.15) is 0 Å². The Morgan fingerprint density at radius 1 is 1.15 bits per heavy atom. The zero-order valence-corrected chi connectivity index (χ0v) is 16.3. The van der Waals surface area contributed by atoms with Crippen LogP contribution in [-0.2, 0) is 11.3 Å². The Hall–Kier alpha value is -1.86. The topological polar surface area (TPSA) is 58.1 Å². The van der Waals surface area contributed by atoms with Gasteiger partial charge in [0.25, 0.3) is 0 Å². The van der Waals surface area contributed by atoms with Gasteiger partial charge in [0, 0.05) is 64.0 Å². The van der Waals surface area contributed by atoms with Crippen LogP contribution >= 0.6 is 0 Å². The number of methoxy groups -OCH3 is 2. The van der Waals surface area contributed by atoms with Crippen LogP contribution < -0.4 is 9.47 Å². The number of hydrogen-bond donors (Lipinski definition) is 0. The normalized spacial score (nSPS) is 25.4. The molecular weight excluding hydrogens is 332 g/mol. The monoisotopic (exact) mass is 362 g/mol. The molecule has 2 aliphatic heterocycles. The molecule has 0 unspecified atom stereocenters. The van der Waals surface area contributed by atoms with E-state index < -0.39 is 0 Å². The van der Waals surface area contributed by atoms with E-state index in [0.29, 0.717) is 17.9 Å². The number of aromatic nitrogens is 1. The minimum absolute atomic E-state index is 0.0464. The number of carbonyl (C=O) groups excluding carboxylic acids is 1. The van der Waals surface area contributed by atoms with Crippen molar-refractivity contribution in [3.8, 4) is 11.5 Å². The maximum absolute atomic E-state index is 12.1. The Balaban J connectivity index is 1.78. The molecule has 1 amide bonds. The van der Waals surface area contributed by atoms with E-state index in [1.165, 1.54) is 0 Å². The van der Waals surface area contributed by atoms with E-state index >= 15 is 0 Å². The highest BCUT2D eigenvalue weighted by Gasteiger charge is 2.41. The molecule has 0 radical (unpaired) electrons. The molecule has 2 saturated heterocycles. The summed E-state index contributed by atoms with van der Waals surface area (Å²) in [5.41, 5.74) is 0.943. The summed E-state index contributed by atoms with van der Waals surface area (Å²) in [4.78, 5) is 23.4. The number of amides is 1. The summed E-state index contributed by atoms with van der Waals surface area (Å²) >= 11 is 0. The van der Waals surface area contributed by atoms with Crippen LogP contribution in [0.5, 0.6) is 11.5 Å². The van der Waals surface area contributed by atoms with Gasteiger partial charge in [0.2, 0.25) is 5.91 Å². The molecule has 1 spiro atoms. The number of pyridine rings is 1. The smallest absolute Gasteiger partial charge is 0.222 e. The third-order valence-electron chi connectivity index (χ3n) is 5.96. The minimum Gasteiger partial charge on any atom is -0.493 e.